The van der Waals surface area contributed by atoms with Gasteiger partial charge in [0.05, 0.1) is 6.61 Å². The number of hydrogen-bond acceptors (Lipinski definition) is 2. The Hall–Kier alpha value is -0.770. The average molecular weight is 288 g/mol. The lowest BCUT2D eigenvalue weighted by Crippen LogP contribution is -2.30. The summed E-state index contributed by atoms with van der Waals surface area (Å²) in [6, 6.07) is 3.64. The van der Waals surface area contributed by atoms with Crippen LogP contribution in [0, 0.1) is 17.0 Å². The fraction of sp³-hybridized carbons (Fsp3) is 0.600. The Balaban J connectivity index is 2.71. The van der Waals surface area contributed by atoms with Crippen LogP contribution in [-0.2, 0) is 0 Å². The molecule has 1 nitrogen and oxygen atoms in total. The molecule has 0 spiro atoms. The van der Waals surface area contributed by atoms with E-state index in [1.165, 1.54) is 6.07 Å². The number of rotatable bonds is 8. The zero-order valence-electron chi connectivity index (χ0n) is 11.6. The highest BCUT2D eigenvalue weighted by atomic mass is 32.1. The SMILES string of the molecule is CCCC(CS)(CCC)COc1ccc(F)c(F)c1. The Bertz CT molecular complexity index is 390. The smallest absolute Gasteiger partial charge is 0.162 e. The predicted octanol–water partition coefficient (Wildman–Crippen LogP) is 4.86. The molecular formula is C15H22F2OS. The molecule has 0 atom stereocenters. The number of thiol groups is 1. The molecule has 0 unspecified atom stereocenters. The highest BCUT2D eigenvalue weighted by Gasteiger charge is 2.28. The van der Waals surface area contributed by atoms with Gasteiger partial charge >= 0.3 is 0 Å². The number of hydrogen-bond donors (Lipinski definition) is 1. The fourth-order valence-electron chi connectivity index (χ4n) is 2.34. The molecular weight excluding hydrogens is 266 g/mol. The minimum absolute atomic E-state index is 0.0114. The van der Waals surface area contributed by atoms with Gasteiger partial charge in [0.1, 0.15) is 5.75 Å². The molecule has 0 bridgehead atoms. The first-order valence-corrected chi connectivity index (χ1v) is 7.39. The molecule has 0 aliphatic heterocycles. The molecule has 19 heavy (non-hydrogen) atoms. The molecule has 0 aliphatic carbocycles. The van der Waals surface area contributed by atoms with Gasteiger partial charge in [0, 0.05) is 11.5 Å². The highest BCUT2D eigenvalue weighted by Crippen LogP contribution is 2.32. The van der Waals surface area contributed by atoms with E-state index in [-0.39, 0.29) is 5.41 Å². The van der Waals surface area contributed by atoms with Gasteiger partial charge in [0.15, 0.2) is 11.6 Å². The van der Waals surface area contributed by atoms with Gasteiger partial charge in [0.25, 0.3) is 0 Å². The first-order valence-electron chi connectivity index (χ1n) is 6.75. The standard InChI is InChI=1S/C15H22F2OS/c1-3-7-15(11-19,8-4-2)10-18-12-5-6-13(16)14(17)9-12/h5-6,9,19H,3-4,7-8,10-11H2,1-2H3. The zero-order chi connectivity index (χ0) is 14.3. The monoisotopic (exact) mass is 288 g/mol. The van der Waals surface area contributed by atoms with Crippen molar-refractivity contribution in [2.75, 3.05) is 12.4 Å². The second-order valence-electron chi connectivity index (χ2n) is 5.02. The number of ether oxygens (including phenoxy) is 1. The summed E-state index contributed by atoms with van der Waals surface area (Å²) in [5, 5.41) is 0. The molecule has 0 heterocycles. The summed E-state index contributed by atoms with van der Waals surface area (Å²) >= 11 is 4.44. The van der Waals surface area contributed by atoms with Gasteiger partial charge in [-0.15, -0.1) is 0 Å². The van der Waals surface area contributed by atoms with E-state index in [1.807, 2.05) is 0 Å². The molecule has 0 N–H and O–H groups in total. The van der Waals surface area contributed by atoms with E-state index in [4.69, 9.17) is 4.74 Å². The van der Waals surface area contributed by atoms with Crippen molar-refractivity contribution in [2.45, 2.75) is 39.5 Å². The van der Waals surface area contributed by atoms with Crippen LogP contribution < -0.4 is 4.74 Å². The summed E-state index contributed by atoms with van der Waals surface area (Å²) in [7, 11) is 0. The second-order valence-corrected chi connectivity index (χ2v) is 5.34. The Labute approximate surface area is 119 Å². The van der Waals surface area contributed by atoms with Crippen LogP contribution in [0.2, 0.25) is 0 Å². The lowest BCUT2D eigenvalue weighted by Gasteiger charge is -2.31. The van der Waals surface area contributed by atoms with Crippen LogP contribution in [0.15, 0.2) is 18.2 Å². The quantitative estimate of drug-likeness (QED) is 0.672. The molecule has 1 aromatic carbocycles. The largest absolute Gasteiger partial charge is 0.493 e. The van der Waals surface area contributed by atoms with Crippen LogP contribution in [-0.4, -0.2) is 12.4 Å². The normalized spacial score (nSPS) is 11.6. The van der Waals surface area contributed by atoms with E-state index in [0.29, 0.717) is 12.4 Å². The lowest BCUT2D eigenvalue weighted by molar-refractivity contribution is 0.143. The summed E-state index contributed by atoms with van der Waals surface area (Å²) < 4.78 is 31.6. The molecule has 0 fully saturated rings. The Morgan fingerprint density at radius 1 is 1.11 bits per heavy atom. The van der Waals surface area contributed by atoms with Crippen molar-refractivity contribution in [3.05, 3.63) is 29.8 Å². The third kappa shape index (κ3) is 4.68. The summed E-state index contributed by atoms with van der Waals surface area (Å²) in [6.07, 6.45) is 4.16. The molecule has 0 aromatic heterocycles. The van der Waals surface area contributed by atoms with E-state index in [1.54, 1.807) is 0 Å². The first kappa shape index (κ1) is 16.3. The summed E-state index contributed by atoms with van der Waals surface area (Å²) in [5.74, 6) is -0.620. The van der Waals surface area contributed by atoms with Gasteiger partial charge in [-0.1, -0.05) is 26.7 Å². The minimum atomic E-state index is -0.875. The average Bonchev–Trinajstić information content (AvgIpc) is 2.40. The van der Waals surface area contributed by atoms with Crippen molar-refractivity contribution in [1.29, 1.82) is 0 Å². The molecule has 1 rings (SSSR count). The molecule has 0 radical (unpaired) electrons. The minimum Gasteiger partial charge on any atom is -0.493 e. The van der Waals surface area contributed by atoms with E-state index < -0.39 is 11.6 Å². The summed E-state index contributed by atoms with van der Waals surface area (Å²) in [6.45, 7) is 4.75. The Morgan fingerprint density at radius 3 is 2.21 bits per heavy atom. The van der Waals surface area contributed by atoms with E-state index >= 15 is 0 Å². The first-order chi connectivity index (χ1) is 9.06. The van der Waals surface area contributed by atoms with E-state index in [2.05, 4.69) is 26.5 Å². The van der Waals surface area contributed by atoms with Gasteiger partial charge in [-0.05, 0) is 30.7 Å². The van der Waals surface area contributed by atoms with E-state index in [0.717, 1.165) is 43.6 Å². The molecule has 108 valence electrons. The van der Waals surface area contributed by atoms with Crippen molar-refractivity contribution in [3.63, 3.8) is 0 Å². The zero-order valence-corrected chi connectivity index (χ0v) is 12.5. The third-order valence-corrected chi connectivity index (χ3v) is 4.00. The third-order valence-electron chi connectivity index (χ3n) is 3.33. The van der Waals surface area contributed by atoms with Gasteiger partial charge in [0.2, 0.25) is 0 Å². The molecule has 0 saturated heterocycles. The summed E-state index contributed by atoms with van der Waals surface area (Å²) in [5.41, 5.74) is 0.0114. The highest BCUT2D eigenvalue weighted by molar-refractivity contribution is 7.80. The van der Waals surface area contributed by atoms with Crippen molar-refractivity contribution in [2.24, 2.45) is 5.41 Å². The molecule has 4 heteroatoms. The van der Waals surface area contributed by atoms with Crippen LogP contribution in [0.5, 0.6) is 5.75 Å². The van der Waals surface area contributed by atoms with Crippen LogP contribution in [0.3, 0.4) is 0 Å². The predicted molar refractivity (Wildman–Crippen MR) is 78.0 cm³/mol. The van der Waals surface area contributed by atoms with Crippen molar-refractivity contribution in [3.8, 4) is 5.75 Å². The fourth-order valence-corrected chi connectivity index (χ4v) is 2.74. The van der Waals surface area contributed by atoms with Crippen molar-refractivity contribution >= 4 is 12.6 Å². The Morgan fingerprint density at radius 2 is 1.74 bits per heavy atom. The number of benzene rings is 1. The van der Waals surface area contributed by atoms with Crippen molar-refractivity contribution < 1.29 is 13.5 Å². The van der Waals surface area contributed by atoms with Gasteiger partial charge in [-0.3, -0.25) is 0 Å². The topological polar surface area (TPSA) is 9.23 Å². The van der Waals surface area contributed by atoms with Crippen LogP contribution in [0.4, 0.5) is 8.78 Å². The Kier molecular flexibility index (Phi) is 6.63. The molecule has 1 aromatic rings. The van der Waals surface area contributed by atoms with Crippen LogP contribution >= 0.6 is 12.6 Å². The maximum atomic E-state index is 13.1. The van der Waals surface area contributed by atoms with Gasteiger partial charge < -0.3 is 4.74 Å². The van der Waals surface area contributed by atoms with E-state index in [9.17, 15) is 8.78 Å². The maximum Gasteiger partial charge on any atom is 0.162 e. The maximum absolute atomic E-state index is 13.1. The van der Waals surface area contributed by atoms with Crippen LogP contribution in [0.25, 0.3) is 0 Å². The molecule has 0 saturated carbocycles. The van der Waals surface area contributed by atoms with Crippen LogP contribution in [0.1, 0.15) is 39.5 Å². The number of halogens is 2. The van der Waals surface area contributed by atoms with Gasteiger partial charge in [-0.25, -0.2) is 8.78 Å². The summed E-state index contributed by atoms with van der Waals surface area (Å²) in [4.78, 5) is 0. The molecule has 0 aliphatic rings. The second kappa shape index (κ2) is 7.73. The van der Waals surface area contributed by atoms with Gasteiger partial charge in [-0.2, -0.15) is 12.6 Å². The lowest BCUT2D eigenvalue weighted by atomic mass is 9.82. The molecule has 0 amide bonds. The van der Waals surface area contributed by atoms with Crippen molar-refractivity contribution in [1.82, 2.24) is 0 Å².